The molecule has 0 heterocycles. The maximum absolute atomic E-state index is 12.0. The number of amides is 1. The highest BCUT2D eigenvalue weighted by atomic mass is 32.2. The van der Waals surface area contributed by atoms with Crippen LogP contribution in [0, 0.1) is 0 Å². The van der Waals surface area contributed by atoms with Crippen LogP contribution in [-0.2, 0) is 4.79 Å². The summed E-state index contributed by atoms with van der Waals surface area (Å²) in [4.78, 5) is 23.0. The average Bonchev–Trinajstić information content (AvgIpc) is 2.42. The number of phenolic OH excluding ortho intramolecular Hbond substituents is 1. The van der Waals surface area contributed by atoms with E-state index in [1.165, 1.54) is 37.1 Å². The summed E-state index contributed by atoms with van der Waals surface area (Å²) in [6, 6.07) is 3.23. The summed E-state index contributed by atoms with van der Waals surface area (Å²) in [6.45, 7) is 0. The zero-order valence-electron chi connectivity index (χ0n) is 11.3. The van der Waals surface area contributed by atoms with E-state index in [1.807, 2.05) is 6.26 Å². The molecule has 0 bridgehead atoms. The largest absolute Gasteiger partial charge is 0.507 e. The normalized spacial score (nSPS) is 11.7. The summed E-state index contributed by atoms with van der Waals surface area (Å²) in [5.74, 6) is -0.947. The number of carboxylic acids is 1. The molecule has 0 aromatic heterocycles. The van der Waals surface area contributed by atoms with Gasteiger partial charge in [0.15, 0.2) is 0 Å². The predicted molar refractivity (Wildman–Crippen MR) is 76.5 cm³/mol. The number of hydrogen-bond donors (Lipinski definition) is 3. The van der Waals surface area contributed by atoms with Crippen LogP contribution in [0.25, 0.3) is 0 Å². The third-order valence-electron chi connectivity index (χ3n) is 2.66. The number of aromatic hydroxyl groups is 1. The summed E-state index contributed by atoms with van der Waals surface area (Å²) < 4.78 is 4.91. The van der Waals surface area contributed by atoms with Crippen molar-refractivity contribution < 1.29 is 24.5 Å². The Hall–Kier alpha value is -1.89. The highest BCUT2D eigenvalue weighted by molar-refractivity contribution is 7.98. The Kier molecular flexibility index (Phi) is 6.17. The van der Waals surface area contributed by atoms with Crippen molar-refractivity contribution in [2.45, 2.75) is 12.5 Å². The van der Waals surface area contributed by atoms with Crippen molar-refractivity contribution in [3.63, 3.8) is 0 Å². The number of hydrogen-bond acceptors (Lipinski definition) is 5. The van der Waals surface area contributed by atoms with Crippen LogP contribution in [0.1, 0.15) is 16.8 Å². The molecule has 6 nitrogen and oxygen atoms in total. The predicted octanol–water partition coefficient (Wildman–Crippen LogP) is 1.34. The van der Waals surface area contributed by atoms with Gasteiger partial charge >= 0.3 is 5.97 Å². The van der Waals surface area contributed by atoms with Gasteiger partial charge in [0.2, 0.25) is 0 Å². The van der Waals surface area contributed by atoms with Crippen molar-refractivity contribution in [2.75, 3.05) is 19.1 Å². The quantitative estimate of drug-likeness (QED) is 0.703. The lowest BCUT2D eigenvalue weighted by Crippen LogP contribution is -2.41. The average molecular weight is 299 g/mol. The standard InChI is InChI=1S/C13H17NO5S/c1-19-8-3-4-9(11(15)7-8)12(16)14-10(13(17)18)5-6-20-2/h3-4,7,10,15H,5-6H2,1-2H3,(H,14,16)(H,17,18)/t10-/m0/s1. The van der Waals surface area contributed by atoms with Crippen molar-refractivity contribution in [3.8, 4) is 11.5 Å². The first-order chi connectivity index (χ1) is 9.49. The number of nitrogens with one attached hydrogen (secondary N) is 1. The number of carboxylic acid groups (broad SMARTS) is 1. The van der Waals surface area contributed by atoms with Gasteiger partial charge in [-0.15, -0.1) is 0 Å². The second-order valence-electron chi connectivity index (χ2n) is 4.03. The molecule has 1 amide bonds. The number of aliphatic carboxylic acids is 1. The second-order valence-corrected chi connectivity index (χ2v) is 5.01. The molecule has 20 heavy (non-hydrogen) atoms. The van der Waals surface area contributed by atoms with Crippen molar-refractivity contribution in [3.05, 3.63) is 23.8 Å². The van der Waals surface area contributed by atoms with Crippen LogP contribution in [0.5, 0.6) is 11.5 Å². The lowest BCUT2D eigenvalue weighted by Gasteiger charge is -2.14. The van der Waals surface area contributed by atoms with E-state index in [0.717, 1.165) is 0 Å². The minimum absolute atomic E-state index is 0.0150. The van der Waals surface area contributed by atoms with Crippen LogP contribution in [0.2, 0.25) is 0 Å². The SMILES string of the molecule is COc1ccc(C(=O)N[C@@H](CCSC)C(=O)O)c(O)c1. The lowest BCUT2D eigenvalue weighted by atomic mass is 10.1. The monoisotopic (exact) mass is 299 g/mol. The highest BCUT2D eigenvalue weighted by Gasteiger charge is 2.21. The molecule has 3 N–H and O–H groups in total. The number of carbonyl (C=O) groups excluding carboxylic acids is 1. The van der Waals surface area contributed by atoms with Gasteiger partial charge in [0.05, 0.1) is 12.7 Å². The van der Waals surface area contributed by atoms with E-state index in [0.29, 0.717) is 17.9 Å². The topological polar surface area (TPSA) is 95.9 Å². The van der Waals surface area contributed by atoms with E-state index in [-0.39, 0.29) is 11.3 Å². The van der Waals surface area contributed by atoms with Gasteiger partial charge in [0, 0.05) is 6.07 Å². The molecule has 0 radical (unpaired) electrons. The number of thioether (sulfide) groups is 1. The van der Waals surface area contributed by atoms with Crippen molar-refractivity contribution in [1.29, 1.82) is 0 Å². The zero-order chi connectivity index (χ0) is 15.1. The first kappa shape index (κ1) is 16.2. The summed E-state index contributed by atoms with van der Waals surface area (Å²) in [5, 5.41) is 21.2. The van der Waals surface area contributed by atoms with Crippen LogP contribution in [0.4, 0.5) is 0 Å². The maximum Gasteiger partial charge on any atom is 0.326 e. The molecule has 0 saturated heterocycles. The number of carbonyl (C=O) groups is 2. The summed E-state index contributed by atoms with van der Waals surface area (Å²) in [7, 11) is 1.44. The first-order valence-corrected chi connectivity index (χ1v) is 7.28. The molecule has 0 aliphatic rings. The van der Waals surface area contributed by atoms with Gasteiger partial charge in [-0.05, 0) is 30.6 Å². The maximum atomic E-state index is 12.0. The minimum Gasteiger partial charge on any atom is -0.507 e. The van der Waals surface area contributed by atoms with Gasteiger partial charge in [-0.3, -0.25) is 4.79 Å². The Morgan fingerprint density at radius 3 is 2.65 bits per heavy atom. The zero-order valence-corrected chi connectivity index (χ0v) is 12.1. The van der Waals surface area contributed by atoms with Crippen LogP contribution < -0.4 is 10.1 Å². The molecule has 0 unspecified atom stereocenters. The third kappa shape index (κ3) is 4.34. The second kappa shape index (κ2) is 7.64. The van der Waals surface area contributed by atoms with Gasteiger partial charge in [0.1, 0.15) is 17.5 Å². The number of benzene rings is 1. The summed E-state index contributed by atoms with van der Waals surface area (Å²) >= 11 is 1.50. The van der Waals surface area contributed by atoms with Crippen molar-refractivity contribution in [1.82, 2.24) is 5.32 Å². The number of ether oxygens (including phenoxy) is 1. The van der Waals surface area contributed by atoms with E-state index in [9.17, 15) is 14.7 Å². The van der Waals surface area contributed by atoms with Crippen LogP contribution in [0.15, 0.2) is 18.2 Å². The number of phenols is 1. The molecular formula is C13H17NO5S. The van der Waals surface area contributed by atoms with Gasteiger partial charge < -0.3 is 20.3 Å². The van der Waals surface area contributed by atoms with E-state index in [4.69, 9.17) is 9.84 Å². The van der Waals surface area contributed by atoms with Gasteiger partial charge in [0.25, 0.3) is 5.91 Å². The molecule has 110 valence electrons. The van der Waals surface area contributed by atoms with E-state index in [1.54, 1.807) is 0 Å². The molecule has 0 fully saturated rings. The summed E-state index contributed by atoms with van der Waals surface area (Å²) in [6.07, 6.45) is 2.18. The molecule has 1 atom stereocenters. The summed E-state index contributed by atoms with van der Waals surface area (Å²) in [5.41, 5.74) is 0.0150. The molecular weight excluding hydrogens is 282 g/mol. The van der Waals surface area contributed by atoms with Crippen molar-refractivity contribution in [2.24, 2.45) is 0 Å². The molecule has 0 aliphatic heterocycles. The van der Waals surface area contributed by atoms with Crippen LogP contribution in [0.3, 0.4) is 0 Å². The van der Waals surface area contributed by atoms with E-state index < -0.39 is 17.9 Å². The Morgan fingerprint density at radius 1 is 1.45 bits per heavy atom. The Morgan fingerprint density at radius 2 is 2.15 bits per heavy atom. The third-order valence-corrected chi connectivity index (χ3v) is 3.31. The van der Waals surface area contributed by atoms with Gasteiger partial charge in [-0.25, -0.2) is 4.79 Å². The van der Waals surface area contributed by atoms with E-state index in [2.05, 4.69) is 5.32 Å². The van der Waals surface area contributed by atoms with E-state index >= 15 is 0 Å². The Bertz CT molecular complexity index is 492. The molecule has 7 heteroatoms. The molecule has 1 rings (SSSR count). The van der Waals surface area contributed by atoms with Crippen molar-refractivity contribution >= 4 is 23.6 Å². The molecule has 0 spiro atoms. The molecule has 0 aliphatic carbocycles. The molecule has 1 aromatic rings. The highest BCUT2D eigenvalue weighted by Crippen LogP contribution is 2.23. The van der Waals surface area contributed by atoms with Crippen LogP contribution >= 0.6 is 11.8 Å². The minimum atomic E-state index is -1.10. The van der Waals surface area contributed by atoms with Gasteiger partial charge in [-0.1, -0.05) is 0 Å². The fraction of sp³-hybridized carbons (Fsp3) is 0.385. The Labute approximate surface area is 121 Å². The molecule has 1 aromatic carbocycles. The smallest absolute Gasteiger partial charge is 0.326 e. The molecule has 0 saturated carbocycles. The van der Waals surface area contributed by atoms with Crippen LogP contribution in [-0.4, -0.2) is 47.2 Å². The Balaban J connectivity index is 2.80. The number of rotatable bonds is 7. The van der Waals surface area contributed by atoms with Gasteiger partial charge in [-0.2, -0.15) is 11.8 Å². The first-order valence-electron chi connectivity index (χ1n) is 5.89. The fourth-order valence-electron chi connectivity index (χ4n) is 1.56. The fourth-order valence-corrected chi connectivity index (χ4v) is 2.03. The number of methoxy groups -OCH3 is 1. The lowest BCUT2D eigenvalue weighted by molar-refractivity contribution is -0.139.